The Bertz CT molecular complexity index is 731. The van der Waals surface area contributed by atoms with E-state index in [0.717, 1.165) is 5.56 Å². The number of benzene rings is 2. The SMILES string of the molecule is COc1ccc([C@H](O)[C@@H](CCCO)c2ccc(OC)c(OC)c2)cc1OC. The molecule has 27 heavy (non-hydrogen) atoms. The predicted octanol–water partition coefficient (Wildman–Crippen LogP) is 3.31. The summed E-state index contributed by atoms with van der Waals surface area (Å²) in [4.78, 5) is 0. The lowest BCUT2D eigenvalue weighted by atomic mass is 9.85. The molecule has 0 amide bonds. The van der Waals surface area contributed by atoms with E-state index in [1.807, 2.05) is 24.3 Å². The minimum Gasteiger partial charge on any atom is -0.493 e. The van der Waals surface area contributed by atoms with Crippen molar-refractivity contribution in [1.82, 2.24) is 0 Å². The molecule has 0 aliphatic heterocycles. The molecule has 0 saturated heterocycles. The van der Waals surface area contributed by atoms with E-state index in [4.69, 9.17) is 18.9 Å². The van der Waals surface area contributed by atoms with E-state index in [2.05, 4.69) is 0 Å². The van der Waals surface area contributed by atoms with Gasteiger partial charge >= 0.3 is 0 Å². The van der Waals surface area contributed by atoms with Gasteiger partial charge < -0.3 is 29.2 Å². The summed E-state index contributed by atoms with van der Waals surface area (Å²) in [5, 5.41) is 20.4. The quantitative estimate of drug-likeness (QED) is 0.662. The molecule has 6 nitrogen and oxygen atoms in total. The first-order valence-corrected chi connectivity index (χ1v) is 8.82. The third kappa shape index (κ3) is 4.84. The lowest BCUT2D eigenvalue weighted by Crippen LogP contribution is -2.12. The molecule has 148 valence electrons. The smallest absolute Gasteiger partial charge is 0.161 e. The van der Waals surface area contributed by atoms with E-state index in [1.54, 1.807) is 40.6 Å². The lowest BCUT2D eigenvalue weighted by Gasteiger charge is -2.25. The Labute approximate surface area is 160 Å². The second kappa shape index (κ2) is 10.0. The van der Waals surface area contributed by atoms with Gasteiger partial charge in [0.2, 0.25) is 0 Å². The molecule has 2 atom stereocenters. The fraction of sp³-hybridized carbons (Fsp3) is 0.429. The van der Waals surface area contributed by atoms with Crippen molar-refractivity contribution in [2.75, 3.05) is 35.0 Å². The van der Waals surface area contributed by atoms with Crippen LogP contribution in [0.25, 0.3) is 0 Å². The molecule has 0 bridgehead atoms. The van der Waals surface area contributed by atoms with Crippen LogP contribution in [0.15, 0.2) is 36.4 Å². The molecule has 6 heteroatoms. The van der Waals surface area contributed by atoms with Crippen LogP contribution in [0.1, 0.15) is 36.0 Å². The highest BCUT2D eigenvalue weighted by Crippen LogP contribution is 2.40. The molecule has 2 aromatic rings. The van der Waals surface area contributed by atoms with E-state index < -0.39 is 6.10 Å². The van der Waals surface area contributed by atoms with Crippen molar-refractivity contribution in [3.8, 4) is 23.0 Å². The monoisotopic (exact) mass is 376 g/mol. The molecule has 0 aliphatic rings. The van der Waals surface area contributed by atoms with Crippen LogP contribution in [0.2, 0.25) is 0 Å². The van der Waals surface area contributed by atoms with Crippen molar-refractivity contribution < 1.29 is 29.2 Å². The van der Waals surface area contributed by atoms with E-state index in [0.29, 0.717) is 41.4 Å². The first-order valence-electron chi connectivity index (χ1n) is 8.82. The largest absolute Gasteiger partial charge is 0.493 e. The van der Waals surface area contributed by atoms with Gasteiger partial charge in [-0.2, -0.15) is 0 Å². The Morgan fingerprint density at radius 1 is 0.741 bits per heavy atom. The predicted molar refractivity (Wildman–Crippen MR) is 103 cm³/mol. The van der Waals surface area contributed by atoms with Gasteiger partial charge in [-0.05, 0) is 48.2 Å². The average Bonchev–Trinajstić information content (AvgIpc) is 2.72. The Morgan fingerprint density at radius 3 is 1.70 bits per heavy atom. The van der Waals surface area contributed by atoms with Crippen LogP contribution in [-0.2, 0) is 0 Å². The van der Waals surface area contributed by atoms with Crippen molar-refractivity contribution in [2.45, 2.75) is 24.9 Å². The molecule has 0 radical (unpaired) electrons. The molecule has 0 fully saturated rings. The van der Waals surface area contributed by atoms with Crippen LogP contribution in [0.4, 0.5) is 0 Å². The van der Waals surface area contributed by atoms with Crippen LogP contribution >= 0.6 is 0 Å². The maximum Gasteiger partial charge on any atom is 0.161 e. The Hall–Kier alpha value is -2.44. The van der Waals surface area contributed by atoms with Crippen molar-refractivity contribution in [1.29, 1.82) is 0 Å². The third-order valence-electron chi connectivity index (χ3n) is 4.64. The highest BCUT2D eigenvalue weighted by Gasteiger charge is 2.25. The summed E-state index contributed by atoms with van der Waals surface area (Å²) in [7, 11) is 6.29. The molecular weight excluding hydrogens is 348 g/mol. The second-order valence-electron chi connectivity index (χ2n) is 6.15. The summed E-state index contributed by atoms with van der Waals surface area (Å²) in [5.41, 5.74) is 1.62. The van der Waals surface area contributed by atoms with Gasteiger partial charge in [0.05, 0.1) is 34.5 Å². The molecule has 0 aliphatic carbocycles. The fourth-order valence-corrected chi connectivity index (χ4v) is 3.17. The molecule has 0 saturated carbocycles. The topological polar surface area (TPSA) is 77.4 Å². The van der Waals surface area contributed by atoms with Crippen LogP contribution in [0, 0.1) is 0 Å². The summed E-state index contributed by atoms with van der Waals surface area (Å²) in [6.07, 6.45) is 0.402. The summed E-state index contributed by atoms with van der Waals surface area (Å²) in [6, 6.07) is 11.0. The number of ether oxygens (including phenoxy) is 4. The summed E-state index contributed by atoms with van der Waals surface area (Å²) in [6.45, 7) is 0.0580. The Kier molecular flexibility index (Phi) is 7.76. The molecule has 0 aromatic heterocycles. The average molecular weight is 376 g/mol. The number of hydrogen-bond acceptors (Lipinski definition) is 6. The normalized spacial score (nSPS) is 13.0. The highest BCUT2D eigenvalue weighted by molar-refractivity contribution is 5.46. The van der Waals surface area contributed by atoms with Crippen LogP contribution in [0.5, 0.6) is 23.0 Å². The maximum absolute atomic E-state index is 11.1. The maximum atomic E-state index is 11.1. The zero-order chi connectivity index (χ0) is 19.8. The van der Waals surface area contributed by atoms with Crippen LogP contribution < -0.4 is 18.9 Å². The van der Waals surface area contributed by atoms with Gasteiger partial charge in [-0.1, -0.05) is 12.1 Å². The second-order valence-corrected chi connectivity index (χ2v) is 6.15. The Balaban J connectivity index is 2.40. The summed E-state index contributed by atoms with van der Waals surface area (Å²) >= 11 is 0. The minimum atomic E-state index is -0.783. The fourth-order valence-electron chi connectivity index (χ4n) is 3.17. The third-order valence-corrected chi connectivity index (χ3v) is 4.64. The number of methoxy groups -OCH3 is 4. The van der Waals surface area contributed by atoms with Gasteiger partial charge in [-0.25, -0.2) is 0 Å². The number of rotatable bonds is 10. The van der Waals surface area contributed by atoms with Crippen molar-refractivity contribution in [3.63, 3.8) is 0 Å². The molecule has 0 spiro atoms. The van der Waals surface area contributed by atoms with E-state index in [-0.39, 0.29) is 12.5 Å². The molecule has 0 unspecified atom stereocenters. The lowest BCUT2D eigenvalue weighted by molar-refractivity contribution is 0.134. The Morgan fingerprint density at radius 2 is 1.22 bits per heavy atom. The minimum absolute atomic E-state index is 0.0580. The number of aliphatic hydroxyl groups excluding tert-OH is 2. The molecule has 2 rings (SSSR count). The number of aliphatic hydroxyl groups is 2. The highest BCUT2D eigenvalue weighted by atomic mass is 16.5. The standard InChI is InChI=1S/C21H28O6/c1-24-17-9-7-14(12-19(17)26-3)16(6-5-11-22)21(23)15-8-10-18(25-2)20(13-15)27-4/h7-10,12-13,16,21-23H,5-6,11H2,1-4H3/t16-,21-/m0/s1. The molecular formula is C21H28O6. The van der Waals surface area contributed by atoms with Gasteiger partial charge in [0.1, 0.15) is 0 Å². The first kappa shape index (κ1) is 20.9. The van der Waals surface area contributed by atoms with Crippen molar-refractivity contribution >= 4 is 0 Å². The zero-order valence-corrected chi connectivity index (χ0v) is 16.3. The van der Waals surface area contributed by atoms with E-state index >= 15 is 0 Å². The van der Waals surface area contributed by atoms with Gasteiger partial charge in [-0.15, -0.1) is 0 Å². The van der Waals surface area contributed by atoms with Crippen LogP contribution in [-0.4, -0.2) is 45.3 Å². The molecule has 2 N–H and O–H groups in total. The van der Waals surface area contributed by atoms with Gasteiger partial charge in [0.25, 0.3) is 0 Å². The molecule has 2 aromatic carbocycles. The first-order chi connectivity index (χ1) is 13.1. The van der Waals surface area contributed by atoms with Crippen molar-refractivity contribution in [2.24, 2.45) is 0 Å². The summed E-state index contributed by atoms with van der Waals surface area (Å²) in [5.74, 6) is 2.16. The van der Waals surface area contributed by atoms with E-state index in [9.17, 15) is 10.2 Å². The number of hydrogen-bond donors (Lipinski definition) is 2. The van der Waals surface area contributed by atoms with Crippen molar-refractivity contribution in [3.05, 3.63) is 47.5 Å². The van der Waals surface area contributed by atoms with Gasteiger partial charge in [0, 0.05) is 12.5 Å². The summed E-state index contributed by atoms with van der Waals surface area (Å²) < 4.78 is 21.3. The molecule has 0 heterocycles. The van der Waals surface area contributed by atoms with E-state index in [1.165, 1.54) is 0 Å². The van der Waals surface area contributed by atoms with Gasteiger partial charge in [0.15, 0.2) is 23.0 Å². The zero-order valence-electron chi connectivity index (χ0n) is 16.3. The van der Waals surface area contributed by atoms with Gasteiger partial charge in [-0.3, -0.25) is 0 Å². The van der Waals surface area contributed by atoms with Crippen LogP contribution in [0.3, 0.4) is 0 Å².